The van der Waals surface area contributed by atoms with Crippen LogP contribution in [-0.2, 0) is 6.42 Å². The SMILES string of the molecule is C=NN/N=C(\C)CCc1ccc(C)cc1. The predicted octanol–water partition coefficient (Wildman–Crippen LogP) is 2.51. The van der Waals surface area contributed by atoms with Crippen LogP contribution >= 0.6 is 0 Å². The zero-order valence-electron chi connectivity index (χ0n) is 9.33. The summed E-state index contributed by atoms with van der Waals surface area (Å²) in [4.78, 5) is 0. The molecule has 0 amide bonds. The minimum Gasteiger partial charge on any atom is -0.199 e. The number of nitrogens with zero attached hydrogens (tertiary/aromatic N) is 2. The zero-order chi connectivity index (χ0) is 11.1. The first kappa shape index (κ1) is 11.4. The Morgan fingerprint density at radius 3 is 2.60 bits per heavy atom. The van der Waals surface area contributed by atoms with Crippen LogP contribution in [0.2, 0.25) is 0 Å². The van der Waals surface area contributed by atoms with Crippen LogP contribution in [0.3, 0.4) is 0 Å². The quantitative estimate of drug-likeness (QED) is 0.579. The number of nitrogens with one attached hydrogen (secondary N) is 1. The molecule has 1 aromatic rings. The molecule has 3 heteroatoms. The van der Waals surface area contributed by atoms with Crippen LogP contribution in [0.15, 0.2) is 34.5 Å². The van der Waals surface area contributed by atoms with Crippen molar-refractivity contribution in [1.29, 1.82) is 0 Å². The lowest BCUT2D eigenvalue weighted by atomic mass is 10.1. The normalized spacial score (nSPS) is 11.2. The average molecular weight is 203 g/mol. The standard InChI is InChI=1S/C12H17N3/c1-10-4-7-12(8-5-10)9-6-11(2)14-15-13-3/h4-5,7-8,15H,3,6,9H2,1-2H3/b14-11+. The molecular formula is C12H17N3. The number of hydrogen-bond acceptors (Lipinski definition) is 3. The average Bonchev–Trinajstić information content (AvgIpc) is 2.25. The Morgan fingerprint density at radius 1 is 1.33 bits per heavy atom. The van der Waals surface area contributed by atoms with E-state index in [0.717, 1.165) is 18.6 Å². The second-order valence-corrected chi connectivity index (χ2v) is 3.59. The third-order valence-electron chi connectivity index (χ3n) is 2.21. The van der Waals surface area contributed by atoms with Crippen molar-refractivity contribution in [2.45, 2.75) is 26.7 Å². The number of hydrogen-bond donors (Lipinski definition) is 1. The van der Waals surface area contributed by atoms with Gasteiger partial charge in [-0.3, -0.25) is 0 Å². The molecule has 0 fully saturated rings. The summed E-state index contributed by atoms with van der Waals surface area (Å²) in [6, 6.07) is 8.57. The molecule has 0 aromatic heterocycles. The van der Waals surface area contributed by atoms with Gasteiger partial charge in [-0.1, -0.05) is 29.8 Å². The van der Waals surface area contributed by atoms with Crippen LogP contribution < -0.4 is 5.53 Å². The molecule has 0 heterocycles. The van der Waals surface area contributed by atoms with Crippen LogP contribution in [0.4, 0.5) is 0 Å². The van der Waals surface area contributed by atoms with Gasteiger partial charge in [0, 0.05) is 12.4 Å². The summed E-state index contributed by atoms with van der Waals surface area (Å²) < 4.78 is 0. The van der Waals surface area contributed by atoms with Gasteiger partial charge in [-0.2, -0.15) is 15.7 Å². The number of aryl methyl sites for hydroxylation is 2. The monoisotopic (exact) mass is 203 g/mol. The van der Waals surface area contributed by atoms with Gasteiger partial charge in [0.15, 0.2) is 0 Å². The highest BCUT2D eigenvalue weighted by molar-refractivity contribution is 5.81. The molecule has 0 atom stereocenters. The molecule has 0 saturated carbocycles. The molecule has 3 nitrogen and oxygen atoms in total. The van der Waals surface area contributed by atoms with Gasteiger partial charge in [0.05, 0.1) is 0 Å². The Balaban J connectivity index is 2.43. The van der Waals surface area contributed by atoms with E-state index < -0.39 is 0 Å². The molecule has 0 unspecified atom stereocenters. The van der Waals surface area contributed by atoms with Gasteiger partial charge in [0.2, 0.25) is 0 Å². The Kier molecular flexibility index (Phi) is 4.54. The van der Waals surface area contributed by atoms with Crippen molar-refractivity contribution < 1.29 is 0 Å². The molecule has 15 heavy (non-hydrogen) atoms. The Morgan fingerprint density at radius 2 is 2.00 bits per heavy atom. The van der Waals surface area contributed by atoms with E-state index in [1.807, 2.05) is 6.92 Å². The van der Waals surface area contributed by atoms with Crippen molar-refractivity contribution >= 4 is 12.4 Å². The van der Waals surface area contributed by atoms with Gasteiger partial charge in [-0.05, 0) is 32.3 Å². The highest BCUT2D eigenvalue weighted by Gasteiger charge is 1.95. The summed E-state index contributed by atoms with van der Waals surface area (Å²) in [5, 5.41) is 7.47. The van der Waals surface area contributed by atoms with E-state index in [4.69, 9.17) is 0 Å². The van der Waals surface area contributed by atoms with E-state index in [0.29, 0.717) is 0 Å². The van der Waals surface area contributed by atoms with Crippen LogP contribution in [0.1, 0.15) is 24.5 Å². The molecule has 0 saturated heterocycles. The first-order valence-corrected chi connectivity index (χ1v) is 5.02. The van der Waals surface area contributed by atoms with Crippen LogP contribution in [0, 0.1) is 6.92 Å². The van der Waals surface area contributed by atoms with Crippen molar-refractivity contribution in [3.05, 3.63) is 35.4 Å². The third-order valence-corrected chi connectivity index (χ3v) is 2.21. The van der Waals surface area contributed by atoms with E-state index in [1.165, 1.54) is 11.1 Å². The number of benzene rings is 1. The molecule has 1 N–H and O–H groups in total. The van der Waals surface area contributed by atoms with Gasteiger partial charge >= 0.3 is 0 Å². The highest BCUT2D eigenvalue weighted by Crippen LogP contribution is 2.06. The molecule has 0 spiro atoms. The van der Waals surface area contributed by atoms with Gasteiger partial charge in [0.1, 0.15) is 0 Å². The first-order valence-electron chi connectivity index (χ1n) is 5.02. The van der Waals surface area contributed by atoms with Crippen molar-refractivity contribution in [3.8, 4) is 0 Å². The van der Waals surface area contributed by atoms with Crippen molar-refractivity contribution in [2.24, 2.45) is 10.2 Å². The largest absolute Gasteiger partial charge is 0.199 e. The van der Waals surface area contributed by atoms with E-state index in [1.54, 1.807) is 0 Å². The highest BCUT2D eigenvalue weighted by atomic mass is 15.5. The smallest absolute Gasteiger partial charge is 0.0371 e. The topological polar surface area (TPSA) is 36.8 Å². The Hall–Kier alpha value is -1.64. The van der Waals surface area contributed by atoms with Gasteiger partial charge in [0.25, 0.3) is 0 Å². The summed E-state index contributed by atoms with van der Waals surface area (Å²) in [6.07, 6.45) is 1.94. The Bertz CT molecular complexity index is 338. The maximum Gasteiger partial charge on any atom is 0.0371 e. The number of rotatable bonds is 5. The molecule has 0 radical (unpaired) electrons. The van der Waals surface area contributed by atoms with Crippen LogP contribution in [0.5, 0.6) is 0 Å². The lowest BCUT2D eigenvalue weighted by Gasteiger charge is -2.01. The van der Waals surface area contributed by atoms with E-state index in [9.17, 15) is 0 Å². The van der Waals surface area contributed by atoms with Crippen molar-refractivity contribution in [2.75, 3.05) is 0 Å². The molecule has 0 aliphatic rings. The lowest BCUT2D eigenvalue weighted by molar-refractivity contribution is 0.805. The third kappa shape index (κ3) is 4.40. The maximum absolute atomic E-state index is 4.01. The van der Waals surface area contributed by atoms with Gasteiger partial charge in [-0.15, -0.1) is 0 Å². The summed E-state index contributed by atoms with van der Waals surface area (Å²) in [5.41, 5.74) is 6.15. The first-order chi connectivity index (χ1) is 7.22. The van der Waals surface area contributed by atoms with E-state index >= 15 is 0 Å². The maximum atomic E-state index is 4.01. The summed E-state index contributed by atoms with van der Waals surface area (Å²) in [6.45, 7) is 7.36. The fraction of sp³-hybridized carbons (Fsp3) is 0.333. The van der Waals surface area contributed by atoms with E-state index in [-0.39, 0.29) is 0 Å². The molecule has 0 aliphatic carbocycles. The predicted molar refractivity (Wildman–Crippen MR) is 65.3 cm³/mol. The summed E-state index contributed by atoms with van der Waals surface area (Å²) in [5.74, 6) is 0. The molecule has 0 bridgehead atoms. The molecule has 1 rings (SSSR count). The van der Waals surface area contributed by atoms with Gasteiger partial charge in [-0.25, -0.2) is 0 Å². The lowest BCUT2D eigenvalue weighted by Crippen LogP contribution is -2.02. The van der Waals surface area contributed by atoms with E-state index in [2.05, 4.69) is 53.6 Å². The minimum atomic E-state index is 0.936. The van der Waals surface area contributed by atoms with Crippen molar-refractivity contribution in [3.63, 3.8) is 0 Å². The second kappa shape index (κ2) is 5.96. The second-order valence-electron chi connectivity index (χ2n) is 3.59. The van der Waals surface area contributed by atoms with Crippen molar-refractivity contribution in [1.82, 2.24) is 5.53 Å². The molecule has 1 aromatic carbocycles. The fourth-order valence-electron chi connectivity index (χ4n) is 1.26. The molecule has 0 aliphatic heterocycles. The minimum absolute atomic E-state index is 0.936. The van der Waals surface area contributed by atoms with Crippen LogP contribution in [-0.4, -0.2) is 12.4 Å². The zero-order valence-corrected chi connectivity index (χ0v) is 9.33. The molecule has 80 valence electrons. The number of hydrazone groups is 2. The van der Waals surface area contributed by atoms with Gasteiger partial charge < -0.3 is 0 Å². The Labute approximate surface area is 90.9 Å². The summed E-state index contributed by atoms with van der Waals surface area (Å²) >= 11 is 0. The molecular weight excluding hydrogens is 186 g/mol. The summed E-state index contributed by atoms with van der Waals surface area (Å²) in [7, 11) is 0. The van der Waals surface area contributed by atoms with Crippen LogP contribution in [0.25, 0.3) is 0 Å². The fourth-order valence-corrected chi connectivity index (χ4v) is 1.26.